The molecule has 130 valence electrons. The van der Waals surface area contributed by atoms with Crippen LogP contribution in [0.4, 0.5) is 18.9 Å². The molecule has 1 heterocycles. The second-order valence-corrected chi connectivity index (χ2v) is 4.94. The molecular weight excluding hydrogens is 327 g/mol. The van der Waals surface area contributed by atoms with E-state index in [1.165, 1.54) is 21.1 Å². The molecule has 0 saturated carbocycles. The third-order valence-corrected chi connectivity index (χ3v) is 3.25. The largest absolute Gasteiger partial charge is 0.497 e. The molecule has 1 aromatic heterocycles. The van der Waals surface area contributed by atoms with Crippen molar-refractivity contribution >= 4 is 11.6 Å². The number of hydrogen-bond donors (Lipinski definition) is 1. The predicted octanol–water partition coefficient (Wildman–Crippen LogP) is 2.87. The van der Waals surface area contributed by atoms with Gasteiger partial charge in [-0.3, -0.25) is 9.48 Å². The summed E-state index contributed by atoms with van der Waals surface area (Å²) in [6, 6.07) is 5.70. The van der Waals surface area contributed by atoms with E-state index in [9.17, 15) is 18.0 Å². The molecule has 0 aliphatic rings. The fourth-order valence-corrected chi connectivity index (χ4v) is 2.05. The molecule has 24 heavy (non-hydrogen) atoms. The number of ether oxygens (including phenoxy) is 2. The van der Waals surface area contributed by atoms with Gasteiger partial charge in [0, 0.05) is 11.8 Å². The molecule has 2 rings (SSSR count). The van der Waals surface area contributed by atoms with Gasteiger partial charge in [-0.2, -0.15) is 18.3 Å². The van der Waals surface area contributed by atoms with Gasteiger partial charge in [-0.15, -0.1) is 0 Å². The van der Waals surface area contributed by atoms with Crippen molar-refractivity contribution in [3.63, 3.8) is 0 Å². The summed E-state index contributed by atoms with van der Waals surface area (Å²) in [4.78, 5) is 12.1. The lowest BCUT2D eigenvalue weighted by molar-refractivity contribution is -0.141. The quantitative estimate of drug-likeness (QED) is 0.907. The third kappa shape index (κ3) is 3.98. The molecule has 0 unspecified atom stereocenters. The van der Waals surface area contributed by atoms with Crippen LogP contribution in [-0.4, -0.2) is 29.9 Å². The number of aromatic nitrogens is 2. The Morgan fingerprint density at radius 1 is 1.25 bits per heavy atom. The lowest BCUT2D eigenvalue weighted by Gasteiger charge is -2.12. The van der Waals surface area contributed by atoms with Crippen molar-refractivity contribution in [3.05, 3.63) is 35.7 Å². The Hall–Kier alpha value is -2.71. The smallest absolute Gasteiger partial charge is 0.435 e. The zero-order valence-corrected chi connectivity index (χ0v) is 13.3. The van der Waals surface area contributed by atoms with Gasteiger partial charge >= 0.3 is 6.18 Å². The molecule has 1 N–H and O–H groups in total. The van der Waals surface area contributed by atoms with Crippen LogP contribution < -0.4 is 14.8 Å². The van der Waals surface area contributed by atoms with E-state index in [4.69, 9.17) is 9.47 Å². The van der Waals surface area contributed by atoms with Gasteiger partial charge < -0.3 is 14.8 Å². The molecule has 0 atom stereocenters. The SMILES string of the molecule is COc1ccc(OC)c(NC(=O)Cn2nc(C(F)(F)F)cc2C)c1. The summed E-state index contributed by atoms with van der Waals surface area (Å²) < 4.78 is 49.1. The molecule has 0 spiro atoms. The van der Waals surface area contributed by atoms with Crippen LogP contribution in [0, 0.1) is 6.92 Å². The summed E-state index contributed by atoms with van der Waals surface area (Å²) in [7, 11) is 2.91. The number of carbonyl (C=O) groups is 1. The van der Waals surface area contributed by atoms with Crippen molar-refractivity contribution < 1.29 is 27.4 Å². The highest BCUT2D eigenvalue weighted by Gasteiger charge is 2.34. The Kier molecular flexibility index (Phi) is 5.01. The van der Waals surface area contributed by atoms with Crippen LogP contribution in [0.1, 0.15) is 11.4 Å². The van der Waals surface area contributed by atoms with Crippen LogP contribution in [0.25, 0.3) is 0 Å². The van der Waals surface area contributed by atoms with Crippen molar-refractivity contribution in [2.75, 3.05) is 19.5 Å². The normalized spacial score (nSPS) is 11.2. The zero-order valence-electron chi connectivity index (χ0n) is 13.3. The molecule has 6 nitrogen and oxygen atoms in total. The van der Waals surface area contributed by atoms with E-state index >= 15 is 0 Å². The first-order chi connectivity index (χ1) is 11.2. The minimum Gasteiger partial charge on any atom is -0.497 e. The predicted molar refractivity (Wildman–Crippen MR) is 80.1 cm³/mol. The number of methoxy groups -OCH3 is 2. The number of amides is 1. The lowest BCUT2D eigenvalue weighted by atomic mass is 10.2. The van der Waals surface area contributed by atoms with Gasteiger partial charge in [0.15, 0.2) is 5.69 Å². The van der Waals surface area contributed by atoms with E-state index < -0.39 is 17.8 Å². The molecule has 0 fully saturated rings. The molecule has 2 aromatic rings. The molecular formula is C15H16F3N3O3. The standard InChI is InChI=1S/C15H16F3N3O3/c1-9-6-13(15(16,17)18)20-21(9)8-14(22)19-11-7-10(23-2)4-5-12(11)24-3/h4-7H,8H2,1-3H3,(H,19,22). The zero-order chi connectivity index (χ0) is 17.9. The third-order valence-electron chi connectivity index (χ3n) is 3.25. The molecule has 0 aliphatic heterocycles. The average Bonchev–Trinajstić information content (AvgIpc) is 2.88. The topological polar surface area (TPSA) is 65.4 Å². The number of halogens is 3. The maximum absolute atomic E-state index is 12.6. The minimum absolute atomic E-state index is 0.232. The van der Waals surface area contributed by atoms with Crippen LogP contribution in [-0.2, 0) is 17.5 Å². The van der Waals surface area contributed by atoms with Crippen molar-refractivity contribution in [3.8, 4) is 11.5 Å². The van der Waals surface area contributed by atoms with E-state index in [2.05, 4.69) is 10.4 Å². The minimum atomic E-state index is -4.55. The highest BCUT2D eigenvalue weighted by atomic mass is 19.4. The first-order valence-electron chi connectivity index (χ1n) is 6.88. The Labute approximate surface area is 136 Å². The highest BCUT2D eigenvalue weighted by Crippen LogP contribution is 2.30. The van der Waals surface area contributed by atoms with Gasteiger partial charge in [-0.1, -0.05) is 0 Å². The number of nitrogens with one attached hydrogen (secondary N) is 1. The molecule has 0 bridgehead atoms. The average molecular weight is 343 g/mol. The van der Waals surface area contributed by atoms with Crippen LogP contribution in [0.15, 0.2) is 24.3 Å². The molecule has 0 radical (unpaired) electrons. The summed E-state index contributed by atoms with van der Waals surface area (Å²) in [5.41, 5.74) is -0.454. The second-order valence-electron chi connectivity index (χ2n) is 4.94. The number of carbonyl (C=O) groups excluding carboxylic acids is 1. The monoisotopic (exact) mass is 343 g/mol. The number of benzene rings is 1. The number of hydrogen-bond acceptors (Lipinski definition) is 4. The number of aryl methyl sites for hydroxylation is 1. The van der Waals surface area contributed by atoms with Crippen molar-refractivity contribution in [2.45, 2.75) is 19.6 Å². The van der Waals surface area contributed by atoms with Gasteiger partial charge in [0.25, 0.3) is 0 Å². The summed E-state index contributed by atoms with van der Waals surface area (Å²) in [6.07, 6.45) is -4.55. The summed E-state index contributed by atoms with van der Waals surface area (Å²) >= 11 is 0. The second kappa shape index (κ2) is 6.81. The Morgan fingerprint density at radius 2 is 1.96 bits per heavy atom. The van der Waals surface area contributed by atoms with Gasteiger partial charge in [-0.05, 0) is 25.1 Å². The first kappa shape index (κ1) is 17.6. The van der Waals surface area contributed by atoms with Crippen LogP contribution in [0.2, 0.25) is 0 Å². The van der Waals surface area contributed by atoms with Crippen LogP contribution in [0.5, 0.6) is 11.5 Å². The molecule has 1 aromatic carbocycles. The van der Waals surface area contributed by atoms with Crippen molar-refractivity contribution in [1.29, 1.82) is 0 Å². The molecule has 0 saturated heterocycles. The number of rotatable bonds is 5. The van der Waals surface area contributed by atoms with E-state index in [1.807, 2.05) is 0 Å². The molecule has 9 heteroatoms. The van der Waals surface area contributed by atoms with Gasteiger partial charge in [0.1, 0.15) is 18.0 Å². The molecule has 0 aliphatic carbocycles. The highest BCUT2D eigenvalue weighted by molar-refractivity contribution is 5.92. The van der Waals surface area contributed by atoms with Crippen molar-refractivity contribution in [2.24, 2.45) is 0 Å². The summed E-state index contributed by atoms with van der Waals surface area (Å²) in [5, 5.41) is 5.99. The number of alkyl halides is 3. The van der Waals surface area contributed by atoms with Gasteiger partial charge in [0.05, 0.1) is 19.9 Å². The Bertz CT molecular complexity index is 741. The fourth-order valence-electron chi connectivity index (χ4n) is 2.05. The fraction of sp³-hybridized carbons (Fsp3) is 0.333. The van der Waals surface area contributed by atoms with E-state index in [0.717, 1.165) is 10.7 Å². The molecule has 1 amide bonds. The summed E-state index contributed by atoms with van der Waals surface area (Å²) in [5.74, 6) is 0.361. The van der Waals surface area contributed by atoms with E-state index in [0.29, 0.717) is 17.2 Å². The van der Waals surface area contributed by atoms with Gasteiger partial charge in [0.2, 0.25) is 5.91 Å². The van der Waals surface area contributed by atoms with E-state index in [-0.39, 0.29) is 12.2 Å². The van der Waals surface area contributed by atoms with Crippen molar-refractivity contribution in [1.82, 2.24) is 9.78 Å². The first-order valence-corrected chi connectivity index (χ1v) is 6.88. The van der Waals surface area contributed by atoms with E-state index in [1.54, 1.807) is 18.2 Å². The Morgan fingerprint density at radius 3 is 2.50 bits per heavy atom. The van der Waals surface area contributed by atoms with Crippen LogP contribution >= 0.6 is 0 Å². The van der Waals surface area contributed by atoms with Crippen LogP contribution in [0.3, 0.4) is 0 Å². The number of nitrogens with zero attached hydrogens (tertiary/aromatic N) is 2. The maximum Gasteiger partial charge on any atom is 0.435 e. The Balaban J connectivity index is 2.16. The number of anilines is 1. The van der Waals surface area contributed by atoms with Gasteiger partial charge in [-0.25, -0.2) is 0 Å². The summed E-state index contributed by atoms with van der Waals surface area (Å²) in [6.45, 7) is 1.09. The lowest BCUT2D eigenvalue weighted by Crippen LogP contribution is -2.21. The maximum atomic E-state index is 12.6.